The summed E-state index contributed by atoms with van der Waals surface area (Å²) < 4.78 is 70.8. The highest BCUT2D eigenvalue weighted by Gasteiger charge is 2.33. The number of carbonyl (C=O) groups is 2. The SMILES string of the molecule is CC(C)CCn1cc(C2CCN(C(=O)c3ccc(C(C)(C)C)cc3)C2)c2ccccc21.O=C(c1cccc(F)c1F)N1CCC(c2cn(Cc3ccc(C(F)(F)F)cc3)c3ccccc23)C1. The molecule has 6 nitrogen and oxygen atoms in total. The van der Waals surface area contributed by atoms with Gasteiger partial charge in [-0.2, -0.15) is 13.2 Å². The minimum absolute atomic E-state index is 0.00525. The van der Waals surface area contributed by atoms with E-state index in [-0.39, 0.29) is 22.8 Å². The van der Waals surface area contributed by atoms with Crippen LogP contribution in [0.15, 0.2) is 128 Å². The average molecular weight is 901 g/mol. The van der Waals surface area contributed by atoms with Crippen molar-refractivity contribution in [1.82, 2.24) is 18.9 Å². The lowest BCUT2D eigenvalue weighted by Gasteiger charge is -2.20. The summed E-state index contributed by atoms with van der Waals surface area (Å²) in [5.41, 5.74) is 6.59. The van der Waals surface area contributed by atoms with Crippen LogP contribution in [0.3, 0.4) is 0 Å². The van der Waals surface area contributed by atoms with Crippen molar-refractivity contribution >= 4 is 33.6 Å². The number of amides is 2. The zero-order chi connectivity index (χ0) is 46.9. The lowest BCUT2D eigenvalue weighted by Crippen LogP contribution is -2.29. The standard InChI is InChI=1S/C28H36N2O.C27H21F5N2O/c1-20(2)14-16-29-19-25(24-8-6-7-9-26(24)29)22-15-17-30(18-22)27(31)21-10-12-23(13-11-21)28(3,4)5;28-23-6-3-5-21(25(23)29)26(35)33-13-12-18(15-33)22-16-34(24-7-2-1-4-20(22)24)14-17-8-10-19(11-9-17)27(30,31)32/h6-13,19-20,22H,14-18H2,1-5H3;1-11,16,18H,12-15H2. The van der Waals surface area contributed by atoms with Gasteiger partial charge in [-0.25, -0.2) is 8.78 Å². The molecule has 2 saturated heterocycles. The van der Waals surface area contributed by atoms with Gasteiger partial charge in [0.15, 0.2) is 11.6 Å². The summed E-state index contributed by atoms with van der Waals surface area (Å²) in [7, 11) is 0. The van der Waals surface area contributed by atoms with E-state index in [1.807, 2.05) is 52.1 Å². The Hall–Kier alpha value is -6.23. The molecule has 2 amide bonds. The first-order valence-corrected chi connectivity index (χ1v) is 22.9. The molecule has 0 saturated carbocycles. The molecule has 344 valence electrons. The topological polar surface area (TPSA) is 50.5 Å². The molecule has 2 fully saturated rings. The van der Waals surface area contributed by atoms with Crippen LogP contribution in [-0.4, -0.2) is 56.9 Å². The number of nitrogens with zero attached hydrogens (tertiary/aromatic N) is 4. The summed E-state index contributed by atoms with van der Waals surface area (Å²) in [5.74, 6) is -1.50. The number of para-hydroxylation sites is 2. The molecule has 2 aromatic heterocycles. The number of hydrogen-bond donors (Lipinski definition) is 0. The van der Waals surface area contributed by atoms with E-state index in [2.05, 4.69) is 81.8 Å². The fourth-order valence-electron chi connectivity index (χ4n) is 9.44. The smallest absolute Gasteiger partial charge is 0.347 e. The number of rotatable bonds is 9. The second-order valence-electron chi connectivity index (χ2n) is 19.3. The summed E-state index contributed by atoms with van der Waals surface area (Å²) in [4.78, 5) is 29.6. The van der Waals surface area contributed by atoms with Gasteiger partial charge in [0.1, 0.15) is 0 Å². The molecule has 0 radical (unpaired) electrons. The predicted molar refractivity (Wildman–Crippen MR) is 252 cm³/mol. The third-order valence-electron chi connectivity index (χ3n) is 13.2. The number of benzene rings is 5. The number of hydrogen-bond acceptors (Lipinski definition) is 2. The molecular formula is C55H57F5N4O2. The number of aryl methyl sites for hydroxylation is 1. The molecule has 66 heavy (non-hydrogen) atoms. The second-order valence-corrected chi connectivity index (χ2v) is 19.3. The lowest BCUT2D eigenvalue weighted by molar-refractivity contribution is -0.137. The van der Waals surface area contributed by atoms with Gasteiger partial charge in [-0.05, 0) is 101 Å². The summed E-state index contributed by atoms with van der Waals surface area (Å²) in [5, 5.41) is 2.34. The van der Waals surface area contributed by atoms with Gasteiger partial charge >= 0.3 is 6.18 Å². The molecule has 4 heterocycles. The Morgan fingerprint density at radius 1 is 0.636 bits per heavy atom. The first-order chi connectivity index (χ1) is 31.5. The minimum atomic E-state index is -4.38. The Morgan fingerprint density at radius 3 is 1.73 bits per heavy atom. The largest absolute Gasteiger partial charge is 0.416 e. The van der Waals surface area contributed by atoms with E-state index in [9.17, 15) is 31.5 Å². The van der Waals surface area contributed by atoms with Crippen LogP contribution in [-0.2, 0) is 24.7 Å². The van der Waals surface area contributed by atoms with Crippen molar-refractivity contribution in [1.29, 1.82) is 0 Å². The zero-order valence-corrected chi connectivity index (χ0v) is 38.2. The Labute approximate surface area is 383 Å². The molecule has 11 heteroatoms. The van der Waals surface area contributed by atoms with Crippen LogP contribution in [0.25, 0.3) is 21.8 Å². The van der Waals surface area contributed by atoms with Crippen molar-refractivity contribution in [2.75, 3.05) is 26.2 Å². The van der Waals surface area contributed by atoms with E-state index < -0.39 is 29.3 Å². The van der Waals surface area contributed by atoms with E-state index in [1.54, 1.807) is 0 Å². The molecule has 2 aliphatic heterocycles. The highest BCUT2D eigenvalue weighted by Crippen LogP contribution is 2.37. The van der Waals surface area contributed by atoms with E-state index in [4.69, 9.17) is 0 Å². The molecule has 7 aromatic rings. The third-order valence-corrected chi connectivity index (χ3v) is 13.2. The minimum Gasteiger partial charge on any atom is -0.347 e. The molecule has 0 aliphatic carbocycles. The molecule has 5 aromatic carbocycles. The average Bonchev–Trinajstić information content (AvgIpc) is 4.12. The van der Waals surface area contributed by atoms with Gasteiger partial charge < -0.3 is 18.9 Å². The molecule has 0 bridgehead atoms. The van der Waals surface area contributed by atoms with E-state index in [1.165, 1.54) is 57.6 Å². The zero-order valence-electron chi connectivity index (χ0n) is 38.2. The van der Waals surface area contributed by atoms with Gasteiger partial charge in [0.25, 0.3) is 11.8 Å². The number of carbonyl (C=O) groups excluding carboxylic acids is 2. The number of alkyl halides is 3. The maximum Gasteiger partial charge on any atom is 0.416 e. The van der Waals surface area contributed by atoms with Crippen LogP contribution in [0, 0.1) is 17.6 Å². The van der Waals surface area contributed by atoms with Crippen molar-refractivity contribution in [3.05, 3.63) is 178 Å². The van der Waals surface area contributed by atoms with Crippen LogP contribution < -0.4 is 0 Å². The van der Waals surface area contributed by atoms with Crippen molar-refractivity contribution < 1.29 is 31.5 Å². The van der Waals surface area contributed by atoms with E-state index in [0.29, 0.717) is 37.9 Å². The van der Waals surface area contributed by atoms with Crippen molar-refractivity contribution in [3.8, 4) is 0 Å². The molecule has 2 atom stereocenters. The maximum absolute atomic E-state index is 14.1. The Balaban J connectivity index is 0.000000181. The van der Waals surface area contributed by atoms with Crippen LogP contribution in [0.4, 0.5) is 22.0 Å². The number of aromatic nitrogens is 2. The fraction of sp³-hybridized carbons (Fsp3) is 0.345. The molecule has 2 unspecified atom stereocenters. The fourth-order valence-corrected chi connectivity index (χ4v) is 9.44. The third kappa shape index (κ3) is 9.95. The maximum atomic E-state index is 14.1. The van der Waals surface area contributed by atoms with Crippen molar-refractivity contribution in [2.45, 2.75) is 90.4 Å². The second kappa shape index (κ2) is 18.9. The molecule has 9 rings (SSSR count). The molecule has 2 aliphatic rings. The van der Waals surface area contributed by atoms with Crippen LogP contribution >= 0.6 is 0 Å². The van der Waals surface area contributed by atoms with E-state index >= 15 is 0 Å². The molecular weight excluding hydrogens is 844 g/mol. The number of halogens is 5. The number of fused-ring (bicyclic) bond motifs is 2. The summed E-state index contributed by atoms with van der Waals surface area (Å²) in [6.45, 7) is 15.0. The van der Waals surface area contributed by atoms with Gasteiger partial charge in [0.2, 0.25) is 0 Å². The quantitative estimate of drug-likeness (QED) is 0.136. The summed E-state index contributed by atoms with van der Waals surface area (Å²) in [6, 6.07) is 33.3. The predicted octanol–water partition coefficient (Wildman–Crippen LogP) is 13.2. The van der Waals surface area contributed by atoms with Gasteiger partial charge in [-0.3, -0.25) is 9.59 Å². The normalized spacial score (nSPS) is 16.7. The lowest BCUT2D eigenvalue weighted by atomic mass is 9.86. The molecule has 0 N–H and O–H groups in total. The Bertz CT molecular complexity index is 2830. The van der Waals surface area contributed by atoms with Crippen molar-refractivity contribution in [3.63, 3.8) is 0 Å². The molecule has 0 spiro atoms. The van der Waals surface area contributed by atoms with Crippen molar-refractivity contribution in [2.24, 2.45) is 5.92 Å². The highest BCUT2D eigenvalue weighted by molar-refractivity contribution is 5.95. The Kier molecular flexibility index (Phi) is 13.3. The van der Waals surface area contributed by atoms with Crippen LogP contribution in [0.2, 0.25) is 0 Å². The van der Waals surface area contributed by atoms with Crippen LogP contribution in [0.5, 0.6) is 0 Å². The first-order valence-electron chi connectivity index (χ1n) is 22.9. The van der Waals surface area contributed by atoms with Gasteiger partial charge in [0, 0.05) is 90.9 Å². The van der Waals surface area contributed by atoms with E-state index in [0.717, 1.165) is 71.8 Å². The highest BCUT2D eigenvalue weighted by atomic mass is 19.4. The monoisotopic (exact) mass is 900 g/mol. The first kappa shape index (κ1) is 46.3. The van der Waals surface area contributed by atoms with Gasteiger partial charge in [0.05, 0.1) is 11.1 Å². The van der Waals surface area contributed by atoms with Gasteiger partial charge in [-0.1, -0.05) is 101 Å². The van der Waals surface area contributed by atoms with Gasteiger partial charge in [-0.15, -0.1) is 0 Å². The Morgan fingerprint density at radius 2 is 1.17 bits per heavy atom. The van der Waals surface area contributed by atoms with Crippen LogP contribution in [0.1, 0.15) is 114 Å². The summed E-state index contributed by atoms with van der Waals surface area (Å²) >= 11 is 0. The number of likely N-dealkylation sites (tertiary alicyclic amines) is 2. The summed E-state index contributed by atoms with van der Waals surface area (Å²) in [6.07, 6.45) is 2.82.